The number of aromatic nitrogens is 6. The Balaban J connectivity index is 2.08. The predicted molar refractivity (Wildman–Crippen MR) is 79.4 cm³/mol. The first-order valence-electron chi connectivity index (χ1n) is 6.65. The van der Waals surface area contributed by atoms with Gasteiger partial charge in [0.15, 0.2) is 23.6 Å². The molecule has 0 saturated heterocycles. The smallest absolute Gasteiger partial charge is 0.434 e. The van der Waals surface area contributed by atoms with Crippen LogP contribution in [0.1, 0.15) is 6.92 Å². The van der Waals surface area contributed by atoms with Crippen LogP contribution in [0.3, 0.4) is 0 Å². The van der Waals surface area contributed by atoms with Gasteiger partial charge >= 0.3 is 5.95 Å². The third kappa shape index (κ3) is 2.59. The van der Waals surface area contributed by atoms with E-state index in [2.05, 4.69) is 25.3 Å². The lowest BCUT2D eigenvalue weighted by atomic mass is 10.4. The molecule has 0 aliphatic rings. The number of rotatable bonds is 5. The fourth-order valence-electron chi connectivity index (χ4n) is 1.95. The van der Waals surface area contributed by atoms with E-state index in [1.54, 1.807) is 12.1 Å². The van der Waals surface area contributed by atoms with E-state index in [0.29, 0.717) is 29.6 Å². The number of imidazole rings is 1. The Morgan fingerprint density at radius 2 is 2.26 bits per heavy atom. The molecule has 0 amide bonds. The minimum atomic E-state index is -0.571. The fourth-order valence-corrected chi connectivity index (χ4v) is 1.95. The Morgan fingerprint density at radius 3 is 2.96 bits per heavy atom. The Kier molecular flexibility index (Phi) is 3.66. The first kappa shape index (κ1) is 14.6. The maximum atomic E-state index is 10.9. The van der Waals surface area contributed by atoms with Crippen molar-refractivity contribution in [2.24, 2.45) is 12.0 Å². The molecule has 23 heavy (non-hydrogen) atoms. The van der Waals surface area contributed by atoms with Gasteiger partial charge in [0.25, 0.3) is 0 Å². The molecule has 0 bridgehead atoms. The van der Waals surface area contributed by atoms with Crippen LogP contribution in [0.15, 0.2) is 23.3 Å². The summed E-state index contributed by atoms with van der Waals surface area (Å²) >= 11 is 0. The summed E-state index contributed by atoms with van der Waals surface area (Å²) in [7, 11) is 1.53. The van der Waals surface area contributed by atoms with Crippen molar-refractivity contribution in [1.82, 2.24) is 29.4 Å². The first-order valence-corrected chi connectivity index (χ1v) is 6.65. The number of nitrogens with zero attached hydrogens (tertiary/aromatic N) is 8. The Labute approximate surface area is 129 Å². The molecule has 0 N–H and O–H groups in total. The van der Waals surface area contributed by atoms with Crippen molar-refractivity contribution in [2.75, 3.05) is 6.61 Å². The van der Waals surface area contributed by atoms with E-state index < -0.39 is 4.92 Å². The quantitative estimate of drug-likeness (QED) is 0.299. The molecule has 3 heterocycles. The molecular weight excluding hydrogens is 304 g/mol. The maximum Gasteiger partial charge on any atom is 0.434 e. The molecule has 0 unspecified atom stereocenters. The zero-order valence-corrected chi connectivity index (χ0v) is 12.3. The summed E-state index contributed by atoms with van der Waals surface area (Å²) in [6.07, 6.45) is 2.65. The van der Waals surface area contributed by atoms with Gasteiger partial charge in [-0.3, -0.25) is 0 Å². The molecule has 3 rings (SSSR count). The van der Waals surface area contributed by atoms with Gasteiger partial charge in [0, 0.05) is 0 Å². The molecule has 11 nitrogen and oxygen atoms in total. The van der Waals surface area contributed by atoms with Crippen molar-refractivity contribution < 1.29 is 9.66 Å². The third-order valence-electron chi connectivity index (χ3n) is 3.03. The summed E-state index contributed by atoms with van der Waals surface area (Å²) in [4.78, 5) is 18.1. The highest BCUT2D eigenvalue weighted by Gasteiger charge is 2.23. The van der Waals surface area contributed by atoms with Gasteiger partial charge in [0.2, 0.25) is 5.82 Å². The minimum Gasteiger partial charge on any atom is -0.483 e. The van der Waals surface area contributed by atoms with E-state index in [4.69, 9.17) is 4.74 Å². The molecule has 0 saturated carbocycles. The lowest BCUT2D eigenvalue weighted by Gasteiger charge is -1.99. The van der Waals surface area contributed by atoms with Crippen molar-refractivity contribution >= 4 is 23.8 Å². The Hall–Kier alpha value is -3.37. The molecule has 0 aliphatic carbocycles. The highest BCUT2D eigenvalue weighted by atomic mass is 16.6. The van der Waals surface area contributed by atoms with Crippen molar-refractivity contribution in [3.8, 4) is 11.5 Å². The van der Waals surface area contributed by atoms with E-state index in [1.807, 2.05) is 6.92 Å². The van der Waals surface area contributed by atoms with Crippen LogP contribution in [-0.4, -0.2) is 47.3 Å². The van der Waals surface area contributed by atoms with Crippen molar-refractivity contribution in [3.63, 3.8) is 0 Å². The summed E-state index contributed by atoms with van der Waals surface area (Å²) in [5.41, 5.74) is 0.904. The molecule has 0 aliphatic heterocycles. The highest BCUT2D eigenvalue weighted by molar-refractivity contribution is 5.58. The maximum absolute atomic E-state index is 10.9. The van der Waals surface area contributed by atoms with E-state index in [-0.39, 0.29) is 5.95 Å². The SMILES string of the molecule is CCOC=Nc1ccc2nnc(-c3cnc([N+](=O)[O-])n3C)n2n1. The summed E-state index contributed by atoms with van der Waals surface area (Å²) in [5, 5.41) is 23.2. The molecule has 0 atom stereocenters. The second-order valence-corrected chi connectivity index (χ2v) is 4.43. The molecule has 0 aromatic carbocycles. The predicted octanol–water partition coefficient (Wildman–Crippen LogP) is 1.13. The van der Waals surface area contributed by atoms with Gasteiger partial charge in [-0.2, -0.15) is 9.51 Å². The fraction of sp³-hybridized carbons (Fsp3) is 0.250. The molecule has 11 heteroatoms. The lowest BCUT2D eigenvalue weighted by Crippen LogP contribution is -2.02. The second kappa shape index (κ2) is 5.79. The van der Waals surface area contributed by atoms with Crippen LogP contribution < -0.4 is 0 Å². The standard InChI is InChI=1S/C12H12N8O3/c1-3-23-7-14-9-4-5-10-15-16-11(19(10)17-9)8-6-13-12(18(8)2)20(21)22/h4-7H,3H2,1-2H3. The zero-order chi connectivity index (χ0) is 16.4. The van der Waals surface area contributed by atoms with Crippen LogP contribution in [0, 0.1) is 10.1 Å². The van der Waals surface area contributed by atoms with Crippen molar-refractivity contribution in [2.45, 2.75) is 6.92 Å². The molecule has 0 spiro atoms. The summed E-state index contributed by atoms with van der Waals surface area (Å²) in [5.74, 6) is 0.433. The first-order chi connectivity index (χ1) is 11.1. The third-order valence-corrected chi connectivity index (χ3v) is 3.03. The Morgan fingerprint density at radius 1 is 1.43 bits per heavy atom. The highest BCUT2D eigenvalue weighted by Crippen LogP contribution is 2.22. The van der Waals surface area contributed by atoms with Crippen LogP contribution in [-0.2, 0) is 11.8 Å². The number of hydrogen-bond acceptors (Lipinski definition) is 8. The van der Waals surface area contributed by atoms with E-state index >= 15 is 0 Å². The topological polar surface area (TPSA) is 126 Å². The van der Waals surface area contributed by atoms with Gasteiger partial charge in [-0.1, -0.05) is 4.98 Å². The van der Waals surface area contributed by atoms with Gasteiger partial charge in [-0.05, 0) is 24.0 Å². The average Bonchev–Trinajstić information content (AvgIpc) is 3.10. The minimum absolute atomic E-state index is 0.290. The molecule has 3 aromatic heterocycles. The molecular formula is C12H12N8O3. The van der Waals surface area contributed by atoms with Crippen LogP contribution >= 0.6 is 0 Å². The van der Waals surface area contributed by atoms with E-state index in [9.17, 15) is 10.1 Å². The van der Waals surface area contributed by atoms with Gasteiger partial charge in [-0.25, -0.2) is 4.57 Å². The Bertz CT molecular complexity index is 897. The van der Waals surface area contributed by atoms with Crippen LogP contribution in [0.5, 0.6) is 0 Å². The molecule has 0 fully saturated rings. The van der Waals surface area contributed by atoms with Gasteiger partial charge in [0.1, 0.15) is 6.20 Å². The van der Waals surface area contributed by atoms with Gasteiger partial charge in [0.05, 0.1) is 13.7 Å². The van der Waals surface area contributed by atoms with Gasteiger partial charge < -0.3 is 14.9 Å². The van der Waals surface area contributed by atoms with E-state index in [1.165, 1.54) is 28.7 Å². The second-order valence-electron chi connectivity index (χ2n) is 4.43. The number of hydrogen-bond donors (Lipinski definition) is 0. The monoisotopic (exact) mass is 316 g/mol. The molecule has 0 radical (unpaired) electrons. The summed E-state index contributed by atoms with van der Waals surface area (Å²) in [6, 6.07) is 3.35. The zero-order valence-electron chi connectivity index (χ0n) is 12.3. The van der Waals surface area contributed by atoms with Crippen LogP contribution in [0.2, 0.25) is 0 Å². The average molecular weight is 316 g/mol. The number of fused-ring (bicyclic) bond motifs is 1. The summed E-state index contributed by atoms with van der Waals surface area (Å²) in [6.45, 7) is 2.35. The number of nitro groups is 1. The number of aliphatic imine (C=N–C) groups is 1. The van der Waals surface area contributed by atoms with Crippen LogP contribution in [0.25, 0.3) is 17.2 Å². The van der Waals surface area contributed by atoms with E-state index in [0.717, 1.165) is 0 Å². The van der Waals surface area contributed by atoms with Crippen molar-refractivity contribution in [1.29, 1.82) is 0 Å². The van der Waals surface area contributed by atoms with Gasteiger partial charge in [-0.15, -0.1) is 15.3 Å². The molecule has 118 valence electrons. The van der Waals surface area contributed by atoms with Crippen LogP contribution in [0.4, 0.5) is 11.8 Å². The normalized spacial score (nSPS) is 11.4. The van der Waals surface area contributed by atoms with Crippen molar-refractivity contribution in [3.05, 3.63) is 28.4 Å². The molecule has 3 aromatic rings. The largest absolute Gasteiger partial charge is 0.483 e. The number of ether oxygens (including phenoxy) is 1. The summed E-state index contributed by atoms with van der Waals surface area (Å²) < 4.78 is 7.79. The lowest BCUT2D eigenvalue weighted by molar-refractivity contribution is -0.396.